The Kier molecular flexibility index (Phi) is 5.25. The van der Waals surface area contributed by atoms with E-state index in [0.717, 1.165) is 4.88 Å². The number of amides is 1. The number of aromatic nitrogens is 2. The van der Waals surface area contributed by atoms with Crippen LogP contribution in [0.1, 0.15) is 12.3 Å². The van der Waals surface area contributed by atoms with Gasteiger partial charge in [-0.2, -0.15) is 4.98 Å². The lowest BCUT2D eigenvalue weighted by Gasteiger charge is -2.04. The highest BCUT2D eigenvalue weighted by Crippen LogP contribution is 2.21. The van der Waals surface area contributed by atoms with Crippen LogP contribution >= 0.6 is 11.3 Å². The van der Waals surface area contributed by atoms with Crippen molar-refractivity contribution in [3.8, 4) is 10.7 Å². The minimum absolute atomic E-state index is 0.0581. The summed E-state index contributed by atoms with van der Waals surface area (Å²) >= 11 is 1.48. The molecule has 25 heavy (non-hydrogen) atoms. The molecule has 0 fully saturated rings. The number of hydrogen-bond donors (Lipinski definition) is 1. The van der Waals surface area contributed by atoms with Crippen LogP contribution < -0.4 is 5.32 Å². The zero-order chi connectivity index (χ0) is 17.7. The Hall–Kier alpha value is -2.52. The molecule has 0 unspecified atom stereocenters. The van der Waals surface area contributed by atoms with Crippen molar-refractivity contribution in [3.63, 3.8) is 0 Å². The standard InChI is InChI=1S/C16H15N3O4S2/c20-14(8-10-25(21,22)12-5-2-1-3-6-12)17-11-15-18-16(19-23-15)13-7-4-9-24-13/h1-7,9H,8,10-11H2,(H,17,20). The average Bonchev–Trinajstić information content (AvgIpc) is 3.30. The van der Waals surface area contributed by atoms with Crippen molar-refractivity contribution in [1.29, 1.82) is 0 Å². The molecule has 2 heterocycles. The SMILES string of the molecule is O=C(CCS(=O)(=O)c1ccccc1)NCc1nc(-c2cccs2)no1. The topological polar surface area (TPSA) is 102 Å². The second-order valence-electron chi connectivity index (χ2n) is 5.15. The molecule has 1 N–H and O–H groups in total. The van der Waals surface area contributed by atoms with Gasteiger partial charge in [0, 0.05) is 6.42 Å². The van der Waals surface area contributed by atoms with E-state index >= 15 is 0 Å². The number of carbonyl (C=O) groups is 1. The highest BCUT2D eigenvalue weighted by Gasteiger charge is 2.16. The summed E-state index contributed by atoms with van der Waals surface area (Å²) in [6.45, 7) is 0.0581. The third kappa shape index (κ3) is 4.52. The van der Waals surface area contributed by atoms with E-state index in [0.29, 0.717) is 5.82 Å². The van der Waals surface area contributed by atoms with Crippen LogP contribution in [-0.2, 0) is 21.2 Å². The first-order valence-electron chi connectivity index (χ1n) is 7.45. The maximum atomic E-state index is 12.1. The molecule has 0 aliphatic rings. The number of nitrogens with zero attached hydrogens (tertiary/aromatic N) is 2. The van der Waals surface area contributed by atoms with E-state index in [-0.39, 0.29) is 29.5 Å². The molecule has 0 bridgehead atoms. The van der Waals surface area contributed by atoms with E-state index in [4.69, 9.17) is 4.52 Å². The van der Waals surface area contributed by atoms with E-state index in [1.165, 1.54) is 23.5 Å². The molecule has 1 aromatic carbocycles. The van der Waals surface area contributed by atoms with Crippen molar-refractivity contribution in [2.75, 3.05) is 5.75 Å². The second-order valence-corrected chi connectivity index (χ2v) is 8.20. The summed E-state index contributed by atoms with van der Waals surface area (Å²) in [5, 5.41) is 8.33. The molecular formula is C16H15N3O4S2. The number of benzene rings is 1. The maximum absolute atomic E-state index is 12.1. The van der Waals surface area contributed by atoms with Crippen molar-refractivity contribution >= 4 is 27.1 Å². The van der Waals surface area contributed by atoms with Gasteiger partial charge in [0.05, 0.1) is 22.1 Å². The fourth-order valence-electron chi connectivity index (χ4n) is 2.07. The number of carbonyl (C=O) groups excluding carboxylic acids is 1. The number of sulfone groups is 1. The van der Waals surface area contributed by atoms with Gasteiger partial charge < -0.3 is 9.84 Å². The summed E-state index contributed by atoms with van der Waals surface area (Å²) in [4.78, 5) is 17.1. The number of hydrogen-bond acceptors (Lipinski definition) is 7. The van der Waals surface area contributed by atoms with E-state index in [9.17, 15) is 13.2 Å². The first-order chi connectivity index (χ1) is 12.0. The molecule has 0 atom stereocenters. The summed E-state index contributed by atoms with van der Waals surface area (Å²) in [6, 6.07) is 11.8. The van der Waals surface area contributed by atoms with Gasteiger partial charge in [-0.3, -0.25) is 4.79 Å². The predicted molar refractivity (Wildman–Crippen MR) is 92.6 cm³/mol. The van der Waals surface area contributed by atoms with Gasteiger partial charge in [0.15, 0.2) is 9.84 Å². The normalized spacial score (nSPS) is 11.4. The van der Waals surface area contributed by atoms with Gasteiger partial charge in [0.25, 0.3) is 0 Å². The molecule has 0 aliphatic heterocycles. The minimum atomic E-state index is -3.47. The van der Waals surface area contributed by atoms with Crippen LogP contribution in [0.15, 0.2) is 57.3 Å². The van der Waals surface area contributed by atoms with Crippen LogP contribution in [0.4, 0.5) is 0 Å². The summed E-state index contributed by atoms with van der Waals surface area (Å²) in [6.07, 6.45) is -0.136. The second kappa shape index (κ2) is 7.58. The largest absolute Gasteiger partial charge is 0.347 e. The van der Waals surface area contributed by atoms with Crippen molar-refractivity contribution in [3.05, 3.63) is 53.7 Å². The van der Waals surface area contributed by atoms with Crippen LogP contribution in [0, 0.1) is 0 Å². The zero-order valence-corrected chi connectivity index (χ0v) is 14.7. The van der Waals surface area contributed by atoms with Gasteiger partial charge >= 0.3 is 0 Å². The highest BCUT2D eigenvalue weighted by atomic mass is 32.2. The molecule has 0 saturated carbocycles. The molecule has 0 saturated heterocycles. The Balaban J connectivity index is 1.50. The summed E-state index contributed by atoms with van der Waals surface area (Å²) in [5.41, 5.74) is 0. The fraction of sp³-hybridized carbons (Fsp3) is 0.188. The Morgan fingerprint density at radius 3 is 2.68 bits per heavy atom. The van der Waals surface area contributed by atoms with E-state index in [1.54, 1.807) is 18.2 Å². The van der Waals surface area contributed by atoms with Crippen molar-refractivity contribution < 1.29 is 17.7 Å². The number of rotatable bonds is 7. The van der Waals surface area contributed by atoms with Gasteiger partial charge in [-0.25, -0.2) is 8.42 Å². The van der Waals surface area contributed by atoms with E-state index < -0.39 is 15.7 Å². The molecule has 7 nitrogen and oxygen atoms in total. The lowest BCUT2D eigenvalue weighted by atomic mass is 10.4. The van der Waals surface area contributed by atoms with Gasteiger partial charge in [0.1, 0.15) is 0 Å². The lowest BCUT2D eigenvalue weighted by molar-refractivity contribution is -0.121. The molecule has 0 aliphatic carbocycles. The van der Waals surface area contributed by atoms with Crippen LogP contribution in [0.25, 0.3) is 10.7 Å². The Morgan fingerprint density at radius 2 is 1.96 bits per heavy atom. The van der Waals surface area contributed by atoms with Crippen molar-refractivity contribution in [2.24, 2.45) is 0 Å². The fourth-order valence-corrected chi connectivity index (χ4v) is 3.98. The summed E-state index contributed by atoms with van der Waals surface area (Å²) in [5.74, 6) is 0.0802. The first kappa shape index (κ1) is 17.3. The molecule has 9 heteroatoms. The predicted octanol–water partition coefficient (Wildman–Crippen LogP) is 2.28. The molecule has 130 valence electrons. The van der Waals surface area contributed by atoms with E-state index in [2.05, 4.69) is 15.5 Å². The molecular weight excluding hydrogens is 362 g/mol. The Bertz CT molecular complexity index is 935. The Labute approximate surface area is 148 Å². The monoisotopic (exact) mass is 377 g/mol. The van der Waals surface area contributed by atoms with Crippen LogP contribution in [-0.4, -0.2) is 30.2 Å². The molecule has 0 spiro atoms. The van der Waals surface area contributed by atoms with Gasteiger partial charge in [-0.1, -0.05) is 29.4 Å². The van der Waals surface area contributed by atoms with Crippen molar-refractivity contribution in [1.82, 2.24) is 15.5 Å². The molecule has 2 aromatic heterocycles. The number of thiophene rings is 1. The highest BCUT2D eigenvalue weighted by molar-refractivity contribution is 7.91. The van der Waals surface area contributed by atoms with Crippen LogP contribution in [0.3, 0.4) is 0 Å². The van der Waals surface area contributed by atoms with E-state index in [1.807, 2.05) is 17.5 Å². The van der Waals surface area contributed by atoms with Gasteiger partial charge in [-0.05, 0) is 23.6 Å². The van der Waals surface area contributed by atoms with Crippen LogP contribution in [0.5, 0.6) is 0 Å². The molecule has 3 aromatic rings. The summed E-state index contributed by atoms with van der Waals surface area (Å²) < 4.78 is 29.3. The van der Waals surface area contributed by atoms with Crippen LogP contribution in [0.2, 0.25) is 0 Å². The van der Waals surface area contributed by atoms with Crippen molar-refractivity contribution in [2.45, 2.75) is 17.9 Å². The van der Waals surface area contributed by atoms with Gasteiger partial charge in [0.2, 0.25) is 17.6 Å². The Morgan fingerprint density at radius 1 is 1.16 bits per heavy atom. The quantitative estimate of drug-likeness (QED) is 0.678. The zero-order valence-electron chi connectivity index (χ0n) is 13.1. The minimum Gasteiger partial charge on any atom is -0.347 e. The molecule has 3 rings (SSSR count). The first-order valence-corrected chi connectivity index (χ1v) is 9.99. The smallest absolute Gasteiger partial charge is 0.246 e. The molecule has 1 amide bonds. The summed E-state index contributed by atoms with van der Waals surface area (Å²) in [7, 11) is -3.47. The lowest BCUT2D eigenvalue weighted by Crippen LogP contribution is -2.25. The number of nitrogens with one attached hydrogen (secondary N) is 1. The maximum Gasteiger partial charge on any atom is 0.246 e. The molecule has 0 radical (unpaired) electrons. The van der Waals surface area contributed by atoms with Gasteiger partial charge in [-0.15, -0.1) is 11.3 Å². The average molecular weight is 377 g/mol. The third-order valence-corrected chi connectivity index (χ3v) is 5.94. The third-order valence-electron chi connectivity index (χ3n) is 3.35.